The fourth-order valence-electron chi connectivity index (χ4n) is 1.81. The van der Waals surface area contributed by atoms with Crippen LogP contribution in [0, 0.1) is 0 Å². The monoisotopic (exact) mass is 266 g/mol. The minimum Gasteiger partial charge on any atom is -0.311 e. The highest BCUT2D eigenvalue weighted by atomic mass is 32.2. The van der Waals surface area contributed by atoms with E-state index in [-0.39, 0.29) is 0 Å². The number of likely N-dealkylation sites (N-methyl/N-ethyl adjacent to an activating group) is 1. The first-order chi connectivity index (χ1) is 8.74. The number of nitrogens with zero attached hydrogens (tertiary/aromatic N) is 1. The van der Waals surface area contributed by atoms with Crippen LogP contribution in [0.2, 0.25) is 0 Å². The van der Waals surface area contributed by atoms with Crippen LogP contribution >= 0.6 is 11.8 Å². The van der Waals surface area contributed by atoms with Crippen LogP contribution in [0.25, 0.3) is 0 Å². The van der Waals surface area contributed by atoms with Crippen molar-refractivity contribution in [3.05, 3.63) is 35.9 Å². The van der Waals surface area contributed by atoms with Crippen molar-refractivity contribution in [2.24, 2.45) is 0 Å². The van der Waals surface area contributed by atoms with Crippen molar-refractivity contribution >= 4 is 11.8 Å². The normalized spacial score (nSPS) is 12.9. The maximum Gasteiger partial charge on any atom is 0.0206 e. The standard InChI is InChI=1S/C15H26N2S/c1-14(9-12-18-3)17(2)11-10-16-13-15-7-5-4-6-8-15/h4-8,14,16H,9-13H2,1-3H3. The van der Waals surface area contributed by atoms with E-state index in [2.05, 4.69) is 60.8 Å². The molecule has 1 atom stereocenters. The van der Waals surface area contributed by atoms with Gasteiger partial charge in [-0.05, 0) is 38.0 Å². The molecule has 1 aromatic rings. The summed E-state index contributed by atoms with van der Waals surface area (Å²) in [5.74, 6) is 1.25. The van der Waals surface area contributed by atoms with Crippen LogP contribution in [0.4, 0.5) is 0 Å². The molecule has 0 saturated carbocycles. The Morgan fingerprint density at radius 1 is 1.28 bits per heavy atom. The number of thioether (sulfide) groups is 1. The van der Waals surface area contributed by atoms with Crippen LogP contribution in [0.15, 0.2) is 30.3 Å². The number of benzene rings is 1. The summed E-state index contributed by atoms with van der Waals surface area (Å²) >= 11 is 1.93. The highest BCUT2D eigenvalue weighted by molar-refractivity contribution is 7.98. The molecular formula is C15H26N2S. The van der Waals surface area contributed by atoms with Gasteiger partial charge in [-0.3, -0.25) is 0 Å². The number of hydrogen-bond acceptors (Lipinski definition) is 3. The zero-order valence-electron chi connectivity index (χ0n) is 11.9. The molecule has 0 aliphatic heterocycles. The predicted octanol–water partition coefficient (Wildman–Crippen LogP) is 2.85. The van der Waals surface area contributed by atoms with Gasteiger partial charge in [0.2, 0.25) is 0 Å². The summed E-state index contributed by atoms with van der Waals surface area (Å²) in [6.45, 7) is 5.44. The van der Waals surface area contributed by atoms with Crippen LogP contribution in [-0.2, 0) is 6.54 Å². The van der Waals surface area contributed by atoms with E-state index in [9.17, 15) is 0 Å². The van der Waals surface area contributed by atoms with Crippen molar-refractivity contribution in [3.8, 4) is 0 Å². The summed E-state index contributed by atoms with van der Waals surface area (Å²) in [5, 5.41) is 3.50. The molecule has 0 radical (unpaired) electrons. The molecule has 18 heavy (non-hydrogen) atoms. The molecule has 1 aromatic carbocycles. The minimum absolute atomic E-state index is 0.677. The van der Waals surface area contributed by atoms with Crippen LogP contribution in [0.3, 0.4) is 0 Å². The highest BCUT2D eigenvalue weighted by Crippen LogP contribution is 2.05. The molecule has 0 fully saturated rings. The third kappa shape index (κ3) is 6.43. The maximum atomic E-state index is 3.50. The Kier molecular flexibility index (Phi) is 8.14. The van der Waals surface area contributed by atoms with E-state index in [0.29, 0.717) is 6.04 Å². The van der Waals surface area contributed by atoms with Crippen LogP contribution < -0.4 is 5.32 Å². The van der Waals surface area contributed by atoms with Crippen molar-refractivity contribution in [1.82, 2.24) is 10.2 Å². The van der Waals surface area contributed by atoms with Gasteiger partial charge in [0.05, 0.1) is 0 Å². The maximum absolute atomic E-state index is 3.50. The number of nitrogens with one attached hydrogen (secondary N) is 1. The molecule has 1 rings (SSSR count). The summed E-state index contributed by atoms with van der Waals surface area (Å²) in [5.41, 5.74) is 1.36. The Morgan fingerprint density at radius 2 is 2.00 bits per heavy atom. The fraction of sp³-hybridized carbons (Fsp3) is 0.600. The van der Waals surface area contributed by atoms with Crippen molar-refractivity contribution in [3.63, 3.8) is 0 Å². The highest BCUT2D eigenvalue weighted by Gasteiger charge is 2.07. The molecule has 3 heteroatoms. The molecule has 1 N–H and O–H groups in total. The summed E-state index contributed by atoms with van der Waals surface area (Å²) in [4.78, 5) is 2.44. The van der Waals surface area contributed by atoms with Gasteiger partial charge in [0.25, 0.3) is 0 Å². The average Bonchev–Trinajstić information content (AvgIpc) is 2.41. The van der Waals surface area contributed by atoms with Gasteiger partial charge in [-0.1, -0.05) is 30.3 Å². The lowest BCUT2D eigenvalue weighted by molar-refractivity contribution is 0.253. The molecule has 0 amide bonds. The SMILES string of the molecule is CSCCC(C)N(C)CCNCc1ccccc1. The second-order valence-corrected chi connectivity index (χ2v) is 5.76. The Labute approximate surface area is 116 Å². The second kappa shape index (κ2) is 9.42. The van der Waals surface area contributed by atoms with Gasteiger partial charge in [0.1, 0.15) is 0 Å². The van der Waals surface area contributed by atoms with E-state index in [1.165, 1.54) is 17.7 Å². The van der Waals surface area contributed by atoms with Crippen LogP contribution in [0.1, 0.15) is 18.9 Å². The van der Waals surface area contributed by atoms with Gasteiger partial charge in [-0.15, -0.1) is 0 Å². The van der Waals surface area contributed by atoms with Gasteiger partial charge < -0.3 is 10.2 Å². The first-order valence-electron chi connectivity index (χ1n) is 6.68. The van der Waals surface area contributed by atoms with E-state index in [4.69, 9.17) is 0 Å². The van der Waals surface area contributed by atoms with Crippen molar-refractivity contribution < 1.29 is 0 Å². The first kappa shape index (κ1) is 15.5. The molecule has 0 bridgehead atoms. The zero-order chi connectivity index (χ0) is 13.2. The van der Waals surface area contributed by atoms with Crippen molar-refractivity contribution in [1.29, 1.82) is 0 Å². The van der Waals surface area contributed by atoms with Gasteiger partial charge in [-0.2, -0.15) is 11.8 Å². The summed E-state index contributed by atoms with van der Waals surface area (Å²) in [6, 6.07) is 11.2. The molecule has 0 aromatic heterocycles. The molecule has 0 spiro atoms. The summed E-state index contributed by atoms with van der Waals surface area (Å²) < 4.78 is 0. The molecule has 2 nitrogen and oxygen atoms in total. The molecule has 1 unspecified atom stereocenters. The topological polar surface area (TPSA) is 15.3 Å². The Morgan fingerprint density at radius 3 is 2.67 bits per heavy atom. The number of hydrogen-bond donors (Lipinski definition) is 1. The smallest absolute Gasteiger partial charge is 0.0206 e. The predicted molar refractivity (Wildman–Crippen MR) is 83.2 cm³/mol. The lowest BCUT2D eigenvalue weighted by Crippen LogP contribution is -2.35. The third-order valence-corrected chi connectivity index (χ3v) is 3.95. The van der Waals surface area contributed by atoms with Crippen molar-refractivity contribution in [2.45, 2.75) is 25.9 Å². The lowest BCUT2D eigenvalue weighted by Gasteiger charge is -2.24. The van der Waals surface area contributed by atoms with Gasteiger partial charge >= 0.3 is 0 Å². The van der Waals surface area contributed by atoms with Crippen LogP contribution in [-0.4, -0.2) is 43.1 Å². The minimum atomic E-state index is 0.677. The fourth-order valence-corrected chi connectivity index (χ4v) is 2.39. The Balaban J connectivity index is 2.10. The summed E-state index contributed by atoms with van der Waals surface area (Å²) in [6.07, 6.45) is 3.45. The van der Waals surface area contributed by atoms with E-state index in [0.717, 1.165) is 19.6 Å². The summed E-state index contributed by atoms with van der Waals surface area (Å²) in [7, 11) is 2.22. The number of rotatable bonds is 9. The molecule has 0 aliphatic rings. The average molecular weight is 266 g/mol. The largest absolute Gasteiger partial charge is 0.311 e. The van der Waals surface area contributed by atoms with E-state index >= 15 is 0 Å². The molecule has 0 heterocycles. The van der Waals surface area contributed by atoms with E-state index in [1.807, 2.05) is 11.8 Å². The second-order valence-electron chi connectivity index (χ2n) is 4.77. The van der Waals surface area contributed by atoms with E-state index < -0.39 is 0 Å². The molecule has 102 valence electrons. The quantitative estimate of drug-likeness (QED) is 0.692. The van der Waals surface area contributed by atoms with Gasteiger partial charge in [0.15, 0.2) is 0 Å². The van der Waals surface area contributed by atoms with E-state index in [1.54, 1.807) is 0 Å². The van der Waals surface area contributed by atoms with Gasteiger partial charge in [0, 0.05) is 25.7 Å². The van der Waals surface area contributed by atoms with Crippen LogP contribution in [0.5, 0.6) is 0 Å². The molecule has 0 aliphatic carbocycles. The lowest BCUT2D eigenvalue weighted by atomic mass is 10.2. The Hall–Kier alpha value is -0.510. The van der Waals surface area contributed by atoms with Gasteiger partial charge in [-0.25, -0.2) is 0 Å². The first-order valence-corrected chi connectivity index (χ1v) is 8.07. The van der Waals surface area contributed by atoms with Crippen molar-refractivity contribution in [2.75, 3.05) is 32.1 Å². The Bertz CT molecular complexity index is 303. The molecular weight excluding hydrogens is 240 g/mol. The zero-order valence-corrected chi connectivity index (χ0v) is 12.7. The molecule has 0 saturated heterocycles. The third-order valence-electron chi connectivity index (χ3n) is 3.31.